The Bertz CT molecular complexity index is 1140. The molecule has 0 spiro atoms. The molecule has 8 heteroatoms. The van der Waals surface area contributed by atoms with Crippen LogP contribution in [0.15, 0.2) is 60.7 Å². The number of imide groups is 1. The van der Waals surface area contributed by atoms with Gasteiger partial charge in [-0.05, 0) is 55.3 Å². The van der Waals surface area contributed by atoms with Gasteiger partial charge in [0.15, 0.2) is 12.4 Å². The second kappa shape index (κ2) is 9.20. The lowest BCUT2D eigenvalue weighted by Crippen LogP contribution is -2.31. The maximum absolute atomic E-state index is 12.8. The molecular weight excluding hydrogens is 426 g/mol. The van der Waals surface area contributed by atoms with Gasteiger partial charge >= 0.3 is 11.9 Å². The molecule has 2 atom stereocenters. The van der Waals surface area contributed by atoms with Crippen LogP contribution in [0.3, 0.4) is 0 Å². The number of rotatable bonds is 6. The molecule has 33 heavy (non-hydrogen) atoms. The molecule has 0 unspecified atom stereocenters. The summed E-state index contributed by atoms with van der Waals surface area (Å²) >= 11 is 0. The van der Waals surface area contributed by atoms with Gasteiger partial charge in [-0.1, -0.05) is 18.2 Å². The molecule has 1 aliphatic carbocycles. The van der Waals surface area contributed by atoms with Crippen LogP contribution in [-0.2, 0) is 19.1 Å². The highest BCUT2D eigenvalue weighted by molar-refractivity contribution is 6.22. The maximum atomic E-state index is 12.8. The third kappa shape index (κ3) is 4.59. The Labute approximate surface area is 189 Å². The van der Waals surface area contributed by atoms with Gasteiger partial charge in [-0.15, -0.1) is 0 Å². The minimum Gasteiger partial charge on any atom is -0.454 e. The van der Waals surface area contributed by atoms with Gasteiger partial charge in [0.2, 0.25) is 11.8 Å². The number of carbonyl (C=O) groups excluding carboxylic acids is 5. The van der Waals surface area contributed by atoms with Crippen LogP contribution in [0.1, 0.15) is 40.5 Å². The van der Waals surface area contributed by atoms with Crippen LogP contribution in [-0.4, -0.2) is 36.1 Å². The molecule has 1 saturated heterocycles. The smallest absolute Gasteiger partial charge is 0.338 e. The van der Waals surface area contributed by atoms with Crippen molar-refractivity contribution in [1.82, 2.24) is 0 Å². The largest absolute Gasteiger partial charge is 0.454 e. The second-order valence-corrected chi connectivity index (χ2v) is 7.84. The number of benzene rings is 2. The molecule has 4 rings (SSSR count). The highest BCUT2D eigenvalue weighted by Crippen LogP contribution is 2.37. The van der Waals surface area contributed by atoms with Crippen molar-refractivity contribution in [3.05, 3.63) is 71.8 Å². The predicted octanol–water partition coefficient (Wildman–Crippen LogP) is 3.11. The van der Waals surface area contributed by atoms with Crippen LogP contribution in [0.4, 0.5) is 5.69 Å². The summed E-state index contributed by atoms with van der Waals surface area (Å²) in [5.41, 5.74) is 0.720. The first-order chi connectivity index (χ1) is 15.8. The molecule has 1 fully saturated rings. The average Bonchev–Trinajstić information content (AvgIpc) is 3.07. The van der Waals surface area contributed by atoms with Crippen LogP contribution in [0, 0.1) is 11.8 Å². The SMILES string of the molecule is CC(=O)Oc1ccc(C(=O)COC(=O)c2cccc(N3C(=O)[C@H]4CC=CC[C@@H]4C3=O)c2)cc1. The number of ketones is 1. The molecule has 0 saturated carbocycles. The molecular formula is C25H21NO7. The fourth-order valence-corrected chi connectivity index (χ4v) is 4.00. The number of hydrogen-bond acceptors (Lipinski definition) is 7. The van der Waals surface area contributed by atoms with Crippen molar-refractivity contribution in [2.75, 3.05) is 11.5 Å². The Kier molecular flexibility index (Phi) is 6.17. The lowest BCUT2D eigenvalue weighted by Gasteiger charge is -2.15. The molecule has 8 nitrogen and oxygen atoms in total. The van der Waals surface area contributed by atoms with E-state index in [0.29, 0.717) is 24.3 Å². The number of allylic oxidation sites excluding steroid dienone is 2. The number of carbonyl (C=O) groups is 5. The van der Waals surface area contributed by atoms with Crippen molar-refractivity contribution in [3.63, 3.8) is 0 Å². The van der Waals surface area contributed by atoms with Crippen molar-refractivity contribution in [3.8, 4) is 5.75 Å². The highest BCUT2D eigenvalue weighted by atomic mass is 16.5. The molecule has 168 valence electrons. The van der Waals surface area contributed by atoms with Gasteiger partial charge in [-0.2, -0.15) is 0 Å². The number of ether oxygens (including phenoxy) is 2. The van der Waals surface area contributed by atoms with Crippen molar-refractivity contribution in [2.45, 2.75) is 19.8 Å². The summed E-state index contributed by atoms with van der Waals surface area (Å²) in [4.78, 5) is 62.5. The van der Waals surface area contributed by atoms with Gasteiger partial charge in [0, 0.05) is 12.5 Å². The Balaban J connectivity index is 1.41. The summed E-state index contributed by atoms with van der Waals surface area (Å²) in [5.74, 6) is -2.65. The van der Waals surface area contributed by atoms with Crippen molar-refractivity contribution < 1.29 is 33.4 Å². The average molecular weight is 447 g/mol. The molecule has 2 amide bonds. The van der Waals surface area contributed by atoms with E-state index in [2.05, 4.69) is 0 Å². The van der Waals surface area contributed by atoms with Crippen LogP contribution in [0.25, 0.3) is 0 Å². The van der Waals surface area contributed by atoms with Gasteiger partial charge < -0.3 is 9.47 Å². The summed E-state index contributed by atoms with van der Waals surface area (Å²) in [6, 6.07) is 11.9. The highest BCUT2D eigenvalue weighted by Gasteiger charge is 2.47. The molecule has 1 heterocycles. The summed E-state index contributed by atoms with van der Waals surface area (Å²) in [5, 5.41) is 0. The monoisotopic (exact) mass is 447 g/mol. The first kappa shape index (κ1) is 22.1. The minimum atomic E-state index is -0.750. The zero-order valence-electron chi connectivity index (χ0n) is 17.9. The van der Waals surface area contributed by atoms with Gasteiger partial charge in [0.25, 0.3) is 0 Å². The lowest BCUT2D eigenvalue weighted by atomic mass is 9.85. The van der Waals surface area contributed by atoms with E-state index in [-0.39, 0.29) is 34.8 Å². The fourth-order valence-electron chi connectivity index (χ4n) is 4.00. The van der Waals surface area contributed by atoms with Crippen molar-refractivity contribution in [1.29, 1.82) is 0 Å². The number of Topliss-reactive ketones (excluding diaryl/α,β-unsaturated/α-hetero) is 1. The zero-order chi connectivity index (χ0) is 23.5. The van der Waals surface area contributed by atoms with E-state index in [1.165, 1.54) is 43.3 Å². The number of hydrogen-bond donors (Lipinski definition) is 0. The Morgan fingerprint density at radius 3 is 2.15 bits per heavy atom. The third-order valence-corrected chi connectivity index (χ3v) is 5.62. The Morgan fingerprint density at radius 2 is 1.55 bits per heavy atom. The van der Waals surface area contributed by atoms with E-state index in [1.54, 1.807) is 12.1 Å². The van der Waals surface area contributed by atoms with Gasteiger partial charge in [0.1, 0.15) is 5.75 Å². The van der Waals surface area contributed by atoms with Crippen LogP contribution in [0.5, 0.6) is 5.75 Å². The van der Waals surface area contributed by atoms with Gasteiger partial charge in [-0.25, -0.2) is 4.79 Å². The van der Waals surface area contributed by atoms with Crippen molar-refractivity contribution >= 4 is 35.2 Å². The van der Waals surface area contributed by atoms with E-state index in [4.69, 9.17) is 9.47 Å². The van der Waals surface area contributed by atoms with E-state index in [0.717, 1.165) is 4.90 Å². The molecule has 2 aromatic carbocycles. The van der Waals surface area contributed by atoms with E-state index >= 15 is 0 Å². The quantitative estimate of drug-likeness (QED) is 0.220. The van der Waals surface area contributed by atoms with Crippen LogP contribution < -0.4 is 9.64 Å². The topological polar surface area (TPSA) is 107 Å². The first-order valence-electron chi connectivity index (χ1n) is 10.5. The standard InChI is InChI=1S/C25H21NO7/c1-15(27)33-19-11-9-16(10-12-19)22(28)14-32-25(31)17-5-4-6-18(13-17)26-23(29)20-7-2-3-8-21(20)24(26)30/h2-6,9-13,20-21H,7-8,14H2,1H3/t20-,21-/m0/s1. The van der Waals surface area contributed by atoms with E-state index in [9.17, 15) is 24.0 Å². The molecule has 2 aliphatic rings. The molecule has 2 aromatic rings. The number of anilines is 1. The Hall–Kier alpha value is -4.07. The summed E-state index contributed by atoms with van der Waals surface area (Å²) in [6.45, 7) is 0.778. The number of nitrogens with zero attached hydrogens (tertiary/aromatic N) is 1. The van der Waals surface area contributed by atoms with E-state index in [1.807, 2.05) is 12.2 Å². The minimum absolute atomic E-state index is 0.124. The van der Waals surface area contributed by atoms with Crippen molar-refractivity contribution in [2.24, 2.45) is 11.8 Å². The van der Waals surface area contributed by atoms with Gasteiger partial charge in [0.05, 0.1) is 23.1 Å². The molecule has 0 radical (unpaired) electrons. The number of amides is 2. The lowest BCUT2D eigenvalue weighted by molar-refractivity contribution is -0.132. The predicted molar refractivity (Wildman–Crippen MR) is 117 cm³/mol. The molecule has 0 N–H and O–H groups in total. The van der Waals surface area contributed by atoms with Gasteiger partial charge in [-0.3, -0.25) is 24.1 Å². The zero-order valence-corrected chi connectivity index (χ0v) is 17.9. The summed E-state index contributed by atoms with van der Waals surface area (Å²) in [7, 11) is 0. The first-order valence-corrected chi connectivity index (χ1v) is 10.5. The van der Waals surface area contributed by atoms with Crippen LogP contribution in [0.2, 0.25) is 0 Å². The molecule has 1 aliphatic heterocycles. The second-order valence-electron chi connectivity index (χ2n) is 7.84. The number of fused-ring (bicyclic) bond motifs is 1. The Morgan fingerprint density at radius 1 is 0.909 bits per heavy atom. The van der Waals surface area contributed by atoms with Crippen LogP contribution >= 0.6 is 0 Å². The normalized spacial score (nSPS) is 19.2. The summed E-state index contributed by atoms with van der Waals surface area (Å²) in [6.07, 6.45) is 4.87. The maximum Gasteiger partial charge on any atom is 0.338 e. The fraction of sp³-hybridized carbons (Fsp3) is 0.240. The third-order valence-electron chi connectivity index (χ3n) is 5.62. The number of esters is 2. The summed E-state index contributed by atoms with van der Waals surface area (Å²) < 4.78 is 10.0. The van der Waals surface area contributed by atoms with E-state index < -0.39 is 24.3 Å². The molecule has 0 aromatic heterocycles. The molecule has 0 bridgehead atoms.